The van der Waals surface area contributed by atoms with Crippen molar-refractivity contribution < 1.29 is 4.52 Å². The molecular formula is C19H22ClN7O. The molecule has 2 unspecified atom stereocenters. The lowest BCUT2D eigenvalue weighted by Gasteiger charge is -2.23. The summed E-state index contributed by atoms with van der Waals surface area (Å²) in [6, 6.07) is -0.129. The van der Waals surface area contributed by atoms with Gasteiger partial charge in [0.25, 0.3) is 0 Å². The molecule has 0 N–H and O–H groups in total. The van der Waals surface area contributed by atoms with E-state index < -0.39 is 0 Å². The molecule has 4 rings (SSSR count). The van der Waals surface area contributed by atoms with Crippen molar-refractivity contribution >= 4 is 23.8 Å². The van der Waals surface area contributed by atoms with E-state index in [-0.39, 0.29) is 17.9 Å². The fourth-order valence-electron chi connectivity index (χ4n) is 3.35. The molecule has 8 nitrogen and oxygen atoms in total. The van der Waals surface area contributed by atoms with Crippen molar-refractivity contribution in [3.63, 3.8) is 0 Å². The maximum Gasteiger partial charge on any atom is 0.234 e. The second-order valence-corrected chi connectivity index (χ2v) is 7.50. The van der Waals surface area contributed by atoms with Crippen LogP contribution in [0.15, 0.2) is 45.1 Å². The van der Waals surface area contributed by atoms with Crippen LogP contribution in [0, 0.1) is 0 Å². The zero-order valence-corrected chi connectivity index (χ0v) is 16.8. The number of halogens is 1. The largest absolute Gasteiger partial charge is 0.339 e. The Morgan fingerprint density at radius 2 is 2.14 bits per heavy atom. The van der Waals surface area contributed by atoms with E-state index >= 15 is 0 Å². The van der Waals surface area contributed by atoms with Crippen molar-refractivity contribution in [2.45, 2.75) is 37.6 Å². The molecule has 0 aromatic carbocycles. The second-order valence-electron chi connectivity index (χ2n) is 7.02. The van der Waals surface area contributed by atoms with Gasteiger partial charge in [-0.3, -0.25) is 9.56 Å². The molecule has 1 aliphatic carbocycles. The summed E-state index contributed by atoms with van der Waals surface area (Å²) in [6.45, 7) is 2.01. The zero-order chi connectivity index (χ0) is 19.7. The van der Waals surface area contributed by atoms with Crippen LogP contribution >= 0.6 is 11.6 Å². The monoisotopic (exact) mass is 399 g/mol. The molecule has 2 aromatic heterocycles. The number of hydrogen-bond donors (Lipinski definition) is 0. The normalized spacial score (nSPS) is 22.4. The fraction of sp³-hybridized carbons (Fsp3) is 0.421. The van der Waals surface area contributed by atoms with Gasteiger partial charge in [-0.1, -0.05) is 35.0 Å². The number of allylic oxidation sites excluding steroid dienone is 5. The van der Waals surface area contributed by atoms with Crippen molar-refractivity contribution in [1.82, 2.24) is 24.9 Å². The first kappa shape index (κ1) is 18.6. The lowest BCUT2D eigenvalue weighted by molar-refractivity contribution is 0.359. The van der Waals surface area contributed by atoms with Crippen molar-refractivity contribution in [3.05, 3.63) is 53.1 Å². The molecule has 146 valence electrons. The molecule has 2 aliphatic rings. The van der Waals surface area contributed by atoms with E-state index in [4.69, 9.17) is 16.1 Å². The van der Waals surface area contributed by atoms with Gasteiger partial charge in [-0.25, -0.2) is 0 Å². The summed E-state index contributed by atoms with van der Waals surface area (Å²) >= 11 is 6.13. The third-order valence-corrected chi connectivity index (χ3v) is 5.45. The second kappa shape index (κ2) is 7.71. The fourth-order valence-corrected chi connectivity index (χ4v) is 3.58. The van der Waals surface area contributed by atoms with E-state index in [0.29, 0.717) is 18.1 Å². The van der Waals surface area contributed by atoms with Gasteiger partial charge in [0.15, 0.2) is 5.82 Å². The highest BCUT2D eigenvalue weighted by molar-refractivity contribution is 6.29. The first-order valence-electron chi connectivity index (χ1n) is 9.21. The van der Waals surface area contributed by atoms with Crippen LogP contribution in [-0.4, -0.2) is 38.2 Å². The number of aliphatic imine (C=N–C) groups is 1. The number of hydrogen-bond acceptors (Lipinski definition) is 7. The molecule has 1 aliphatic heterocycles. The smallest absolute Gasteiger partial charge is 0.234 e. The Bertz CT molecular complexity index is 971. The van der Waals surface area contributed by atoms with Crippen LogP contribution in [0.25, 0.3) is 0 Å². The molecule has 0 amide bonds. The van der Waals surface area contributed by atoms with E-state index in [2.05, 4.69) is 25.3 Å². The van der Waals surface area contributed by atoms with Crippen LogP contribution in [0.3, 0.4) is 0 Å². The van der Waals surface area contributed by atoms with Crippen LogP contribution in [-0.2, 0) is 7.05 Å². The predicted molar refractivity (Wildman–Crippen MR) is 108 cm³/mol. The molecule has 0 bridgehead atoms. The summed E-state index contributed by atoms with van der Waals surface area (Å²) in [6.07, 6.45) is 13.1. The molecule has 0 saturated heterocycles. The topological polar surface area (TPSA) is 85.2 Å². The number of nitrogens with zero attached hydrogens (tertiary/aromatic N) is 7. The molecule has 0 radical (unpaired) electrons. The van der Waals surface area contributed by atoms with Gasteiger partial charge in [0.1, 0.15) is 5.82 Å². The van der Waals surface area contributed by atoms with E-state index in [1.807, 2.05) is 61.0 Å². The molecule has 2 aromatic rings. The lowest BCUT2D eigenvalue weighted by Crippen LogP contribution is -2.26. The molecule has 28 heavy (non-hydrogen) atoms. The van der Waals surface area contributed by atoms with Crippen molar-refractivity contribution in [2.24, 2.45) is 12.0 Å². The van der Waals surface area contributed by atoms with E-state index in [9.17, 15) is 0 Å². The quantitative estimate of drug-likeness (QED) is 0.763. The molecule has 0 fully saturated rings. The Morgan fingerprint density at radius 1 is 1.29 bits per heavy atom. The average molecular weight is 400 g/mol. The van der Waals surface area contributed by atoms with E-state index in [0.717, 1.165) is 23.2 Å². The van der Waals surface area contributed by atoms with Crippen LogP contribution in [0.4, 0.5) is 5.95 Å². The van der Waals surface area contributed by atoms with Gasteiger partial charge in [0, 0.05) is 37.5 Å². The summed E-state index contributed by atoms with van der Waals surface area (Å²) in [5.74, 6) is 3.01. The summed E-state index contributed by atoms with van der Waals surface area (Å²) in [4.78, 5) is 10.7. The maximum atomic E-state index is 6.13. The van der Waals surface area contributed by atoms with Crippen molar-refractivity contribution in [1.29, 1.82) is 0 Å². The highest BCUT2D eigenvalue weighted by atomic mass is 35.5. The number of anilines is 1. The van der Waals surface area contributed by atoms with Gasteiger partial charge in [-0.2, -0.15) is 4.98 Å². The summed E-state index contributed by atoms with van der Waals surface area (Å²) in [7, 11) is 3.92. The van der Waals surface area contributed by atoms with Gasteiger partial charge in [0.2, 0.25) is 11.8 Å². The first-order valence-corrected chi connectivity index (χ1v) is 9.59. The predicted octanol–water partition coefficient (Wildman–Crippen LogP) is 3.63. The van der Waals surface area contributed by atoms with Crippen LogP contribution in [0.2, 0.25) is 0 Å². The van der Waals surface area contributed by atoms with E-state index in [1.165, 1.54) is 0 Å². The number of aromatic nitrogens is 5. The molecule has 3 atom stereocenters. The highest BCUT2D eigenvalue weighted by Crippen LogP contribution is 2.31. The molecule has 0 spiro atoms. The minimum atomic E-state index is -0.129. The average Bonchev–Trinajstić information content (AvgIpc) is 3.35. The van der Waals surface area contributed by atoms with Crippen LogP contribution in [0.1, 0.15) is 55.2 Å². The molecule has 3 heterocycles. The van der Waals surface area contributed by atoms with Crippen LogP contribution < -0.4 is 4.90 Å². The summed E-state index contributed by atoms with van der Waals surface area (Å²) in [5.41, 5.74) is 0. The Hall–Kier alpha value is -2.74. The maximum absolute atomic E-state index is 6.13. The summed E-state index contributed by atoms with van der Waals surface area (Å²) in [5, 5.41) is 13.7. The Morgan fingerprint density at radius 3 is 2.89 bits per heavy atom. The first-order chi connectivity index (χ1) is 13.5. The zero-order valence-electron chi connectivity index (χ0n) is 16.0. The Labute approximate surface area is 168 Å². The Kier molecular flexibility index (Phi) is 5.13. The van der Waals surface area contributed by atoms with Gasteiger partial charge >= 0.3 is 0 Å². The van der Waals surface area contributed by atoms with Gasteiger partial charge in [0.05, 0.1) is 12.0 Å². The van der Waals surface area contributed by atoms with E-state index in [1.54, 1.807) is 6.20 Å². The Balaban J connectivity index is 1.51. The van der Waals surface area contributed by atoms with Gasteiger partial charge in [-0.15, -0.1) is 10.2 Å². The van der Waals surface area contributed by atoms with Crippen molar-refractivity contribution in [2.75, 3.05) is 11.9 Å². The highest BCUT2D eigenvalue weighted by Gasteiger charge is 2.26. The number of rotatable bonds is 5. The third-order valence-electron chi connectivity index (χ3n) is 5.17. The SMILES string of the molecule is C[C@@H](c1noc(C2C=CC=C(Cl)C2)n1)N(C)c1nnc(C2C=CN=CC2)n1C. The van der Waals surface area contributed by atoms with Gasteiger partial charge < -0.3 is 9.42 Å². The standard InChI is InChI=1S/C19H22ClN7O/c1-12(16-22-18(28-25-16)14-5-4-6-15(20)11-14)26(2)19-24-23-17(27(19)3)13-7-9-21-10-8-13/h4-7,9-10,12-14H,8,11H2,1-3H3/t12-,13?,14?/m0/s1. The summed E-state index contributed by atoms with van der Waals surface area (Å²) < 4.78 is 7.50. The van der Waals surface area contributed by atoms with Crippen molar-refractivity contribution in [3.8, 4) is 0 Å². The van der Waals surface area contributed by atoms with Gasteiger partial charge in [-0.05, 0) is 25.8 Å². The van der Waals surface area contributed by atoms with Crippen LogP contribution in [0.5, 0.6) is 0 Å². The minimum Gasteiger partial charge on any atom is -0.339 e. The minimum absolute atomic E-state index is 0.0115. The third kappa shape index (κ3) is 3.52. The molecule has 9 heteroatoms. The molecular weight excluding hydrogens is 378 g/mol. The molecule has 0 saturated carbocycles. The lowest BCUT2D eigenvalue weighted by atomic mass is 10.0.